The summed E-state index contributed by atoms with van der Waals surface area (Å²) in [6.07, 6.45) is 0.939. The molecule has 0 fully saturated rings. The van der Waals surface area contributed by atoms with Gasteiger partial charge in [-0.25, -0.2) is 4.79 Å². The second-order valence-corrected chi connectivity index (χ2v) is 9.28. The fourth-order valence-corrected chi connectivity index (χ4v) is 3.38. The Hall–Kier alpha value is -3.66. The zero-order valence-corrected chi connectivity index (χ0v) is 21.9. The Kier molecular flexibility index (Phi) is 9.85. The van der Waals surface area contributed by atoms with Gasteiger partial charge in [-0.3, -0.25) is 15.1 Å². The van der Waals surface area contributed by atoms with Crippen LogP contribution in [0, 0.1) is 0 Å². The number of nitrogens with one attached hydrogen (secondary N) is 2. The van der Waals surface area contributed by atoms with Crippen LogP contribution in [-0.4, -0.2) is 49.7 Å². The molecule has 10 heteroatoms. The van der Waals surface area contributed by atoms with Gasteiger partial charge in [0, 0.05) is 24.3 Å². The molecular formula is C27H30ClN3O6. The largest absolute Gasteiger partial charge is 0.466 e. The van der Waals surface area contributed by atoms with Crippen molar-refractivity contribution in [1.82, 2.24) is 4.98 Å². The Morgan fingerprint density at radius 1 is 0.973 bits per heavy atom. The Labute approximate surface area is 221 Å². The van der Waals surface area contributed by atoms with Crippen molar-refractivity contribution in [3.63, 3.8) is 0 Å². The lowest BCUT2D eigenvalue weighted by molar-refractivity contribution is -0.00861. The SMILES string of the molecule is COCCOCOc1cnc(-c2ccc(C(=O)Nc3ccccc3NC(=O)OC(C)(C)C)cc2)c(Cl)c1. The molecule has 2 N–H and O–H groups in total. The number of ether oxygens (including phenoxy) is 4. The molecule has 0 aliphatic heterocycles. The van der Waals surface area contributed by atoms with E-state index in [9.17, 15) is 9.59 Å². The number of benzene rings is 2. The summed E-state index contributed by atoms with van der Waals surface area (Å²) in [5.74, 6) is 0.127. The van der Waals surface area contributed by atoms with Gasteiger partial charge in [-0.1, -0.05) is 35.9 Å². The molecule has 2 aromatic carbocycles. The first kappa shape index (κ1) is 27.9. The van der Waals surface area contributed by atoms with Crippen molar-refractivity contribution in [3.05, 3.63) is 71.4 Å². The predicted octanol–water partition coefficient (Wildman–Crippen LogP) is 6.00. The summed E-state index contributed by atoms with van der Waals surface area (Å²) in [6, 6.07) is 15.4. The van der Waals surface area contributed by atoms with E-state index in [1.807, 2.05) is 0 Å². The number of methoxy groups -OCH3 is 1. The summed E-state index contributed by atoms with van der Waals surface area (Å²) in [4.78, 5) is 29.4. The summed E-state index contributed by atoms with van der Waals surface area (Å²) in [5, 5.41) is 5.88. The van der Waals surface area contributed by atoms with Crippen LogP contribution in [0.3, 0.4) is 0 Å². The minimum atomic E-state index is -0.645. The zero-order chi connectivity index (χ0) is 26.8. The van der Waals surface area contributed by atoms with Crippen LogP contribution in [0.15, 0.2) is 60.8 Å². The molecule has 196 valence electrons. The van der Waals surface area contributed by atoms with Gasteiger partial charge in [0.2, 0.25) is 0 Å². The first-order chi connectivity index (χ1) is 17.7. The number of halogens is 1. The lowest BCUT2D eigenvalue weighted by Crippen LogP contribution is -2.27. The number of carbonyl (C=O) groups is 2. The molecule has 0 atom stereocenters. The number of nitrogens with zero attached hydrogens (tertiary/aromatic N) is 1. The quantitative estimate of drug-likeness (QED) is 0.246. The molecule has 1 heterocycles. The van der Waals surface area contributed by atoms with Crippen molar-refractivity contribution in [3.8, 4) is 17.0 Å². The molecule has 0 radical (unpaired) electrons. The maximum absolute atomic E-state index is 12.9. The fourth-order valence-electron chi connectivity index (χ4n) is 3.11. The second kappa shape index (κ2) is 13.0. The highest BCUT2D eigenvalue weighted by atomic mass is 35.5. The molecule has 1 aromatic heterocycles. The molecule has 37 heavy (non-hydrogen) atoms. The molecule has 0 aliphatic carbocycles. The van der Waals surface area contributed by atoms with Crippen molar-refractivity contribution in [2.45, 2.75) is 26.4 Å². The van der Waals surface area contributed by atoms with Gasteiger partial charge in [0.25, 0.3) is 5.91 Å². The van der Waals surface area contributed by atoms with Gasteiger partial charge in [-0.05, 0) is 45.0 Å². The Morgan fingerprint density at radius 2 is 1.65 bits per heavy atom. The number of anilines is 2. The fraction of sp³-hybridized carbons (Fsp3) is 0.296. The van der Waals surface area contributed by atoms with E-state index in [2.05, 4.69) is 15.6 Å². The molecule has 0 spiro atoms. The van der Waals surface area contributed by atoms with Gasteiger partial charge in [0.1, 0.15) is 11.4 Å². The molecule has 0 saturated heterocycles. The van der Waals surface area contributed by atoms with Crippen LogP contribution in [-0.2, 0) is 14.2 Å². The van der Waals surface area contributed by atoms with Crippen molar-refractivity contribution >= 4 is 35.0 Å². The highest BCUT2D eigenvalue weighted by molar-refractivity contribution is 6.33. The van der Waals surface area contributed by atoms with Gasteiger partial charge in [0.15, 0.2) is 6.79 Å². The van der Waals surface area contributed by atoms with E-state index >= 15 is 0 Å². The summed E-state index contributed by atoms with van der Waals surface area (Å²) in [6.45, 7) is 6.27. The van der Waals surface area contributed by atoms with Gasteiger partial charge >= 0.3 is 6.09 Å². The lowest BCUT2D eigenvalue weighted by Gasteiger charge is -2.20. The summed E-state index contributed by atoms with van der Waals surface area (Å²) in [5.41, 5.74) is 1.91. The molecule has 2 amide bonds. The van der Waals surface area contributed by atoms with E-state index in [4.69, 9.17) is 30.5 Å². The van der Waals surface area contributed by atoms with Crippen LogP contribution in [0.2, 0.25) is 5.02 Å². The minimum absolute atomic E-state index is 0.0565. The molecular weight excluding hydrogens is 498 g/mol. The molecule has 9 nitrogen and oxygen atoms in total. The van der Waals surface area contributed by atoms with E-state index in [0.29, 0.717) is 46.6 Å². The highest BCUT2D eigenvalue weighted by Gasteiger charge is 2.18. The van der Waals surface area contributed by atoms with Crippen LogP contribution < -0.4 is 15.4 Å². The van der Waals surface area contributed by atoms with Crippen LogP contribution in [0.4, 0.5) is 16.2 Å². The third-order valence-electron chi connectivity index (χ3n) is 4.79. The third-order valence-corrected chi connectivity index (χ3v) is 5.08. The van der Waals surface area contributed by atoms with E-state index < -0.39 is 11.7 Å². The Morgan fingerprint density at radius 3 is 2.27 bits per heavy atom. The Bertz CT molecular complexity index is 1210. The summed E-state index contributed by atoms with van der Waals surface area (Å²) < 4.78 is 20.9. The standard InChI is InChI=1S/C27H30ClN3O6/c1-27(2,3)37-26(33)31-23-8-6-5-7-22(23)30-25(32)19-11-9-18(10-12-19)24-21(28)15-20(16-29-24)36-17-35-14-13-34-4/h5-12,15-16H,13-14,17H2,1-4H3,(H,30,32)(H,31,33). The average molecular weight is 528 g/mol. The summed E-state index contributed by atoms with van der Waals surface area (Å²) in [7, 11) is 1.59. The molecule has 3 aromatic rings. The van der Waals surface area contributed by atoms with Crippen molar-refractivity contribution < 1.29 is 28.5 Å². The maximum Gasteiger partial charge on any atom is 0.412 e. The van der Waals surface area contributed by atoms with Crippen molar-refractivity contribution in [1.29, 1.82) is 0 Å². The number of aromatic nitrogens is 1. The minimum Gasteiger partial charge on any atom is -0.466 e. The van der Waals surface area contributed by atoms with E-state index in [1.54, 1.807) is 88.7 Å². The number of pyridine rings is 1. The summed E-state index contributed by atoms with van der Waals surface area (Å²) >= 11 is 6.41. The van der Waals surface area contributed by atoms with Gasteiger partial charge < -0.3 is 24.3 Å². The highest BCUT2D eigenvalue weighted by Crippen LogP contribution is 2.29. The molecule has 0 saturated carbocycles. The van der Waals surface area contributed by atoms with Crippen molar-refractivity contribution in [2.24, 2.45) is 0 Å². The number of amides is 2. The molecule has 0 bridgehead atoms. The van der Waals surface area contributed by atoms with Gasteiger partial charge in [-0.2, -0.15) is 0 Å². The van der Waals surface area contributed by atoms with Crippen LogP contribution in [0.5, 0.6) is 5.75 Å². The maximum atomic E-state index is 12.9. The topological polar surface area (TPSA) is 108 Å². The van der Waals surface area contributed by atoms with Crippen LogP contribution in [0.25, 0.3) is 11.3 Å². The number of hydrogen-bond donors (Lipinski definition) is 2. The molecule has 3 rings (SSSR count). The predicted molar refractivity (Wildman–Crippen MR) is 142 cm³/mol. The van der Waals surface area contributed by atoms with Crippen molar-refractivity contribution in [2.75, 3.05) is 37.8 Å². The number of para-hydroxylation sites is 2. The lowest BCUT2D eigenvalue weighted by atomic mass is 10.1. The first-order valence-electron chi connectivity index (χ1n) is 11.5. The zero-order valence-electron chi connectivity index (χ0n) is 21.2. The smallest absolute Gasteiger partial charge is 0.412 e. The van der Waals surface area contributed by atoms with Crippen LogP contribution >= 0.6 is 11.6 Å². The second-order valence-electron chi connectivity index (χ2n) is 8.87. The van der Waals surface area contributed by atoms with Gasteiger partial charge in [0.05, 0.1) is 41.5 Å². The van der Waals surface area contributed by atoms with E-state index in [0.717, 1.165) is 5.56 Å². The number of hydrogen-bond acceptors (Lipinski definition) is 7. The normalized spacial score (nSPS) is 11.1. The molecule has 0 aliphatic rings. The van der Waals surface area contributed by atoms with E-state index in [-0.39, 0.29) is 12.7 Å². The number of rotatable bonds is 10. The van der Waals surface area contributed by atoms with E-state index in [1.165, 1.54) is 0 Å². The average Bonchev–Trinajstić information content (AvgIpc) is 2.84. The monoisotopic (exact) mass is 527 g/mol. The van der Waals surface area contributed by atoms with Gasteiger partial charge in [-0.15, -0.1) is 0 Å². The Balaban J connectivity index is 1.64. The third kappa shape index (κ3) is 8.75. The molecule has 0 unspecified atom stereocenters. The van der Waals surface area contributed by atoms with Crippen LogP contribution in [0.1, 0.15) is 31.1 Å². The first-order valence-corrected chi connectivity index (χ1v) is 11.9. The number of carbonyl (C=O) groups excluding carboxylic acids is 2.